The van der Waals surface area contributed by atoms with Gasteiger partial charge in [-0.15, -0.1) is 10.2 Å². The zero-order valence-corrected chi connectivity index (χ0v) is 18.1. The SMILES string of the molecule is CCN(Cc1ccc(OCc2ccccc2)cc1)C(=O)CSc1nnc(C(F)(F)F)n1N. The van der Waals surface area contributed by atoms with Gasteiger partial charge in [0, 0.05) is 13.1 Å². The highest BCUT2D eigenvalue weighted by Crippen LogP contribution is 2.29. The molecule has 1 amide bonds. The third-order valence-electron chi connectivity index (χ3n) is 4.52. The number of nitrogen functional groups attached to an aromatic ring is 1. The van der Waals surface area contributed by atoms with Gasteiger partial charge in [-0.1, -0.05) is 54.2 Å². The average Bonchev–Trinajstić information content (AvgIpc) is 3.16. The summed E-state index contributed by atoms with van der Waals surface area (Å²) < 4.78 is 44.4. The van der Waals surface area contributed by atoms with Crippen LogP contribution in [0.4, 0.5) is 13.2 Å². The standard InChI is InChI=1S/C21H22F3N5O2S/c1-2-28(18(30)14-32-20-27-26-19(29(20)25)21(22,23)24)12-15-8-10-17(11-9-15)31-13-16-6-4-3-5-7-16/h3-11H,2,12-14,25H2,1H3. The molecule has 0 fully saturated rings. The second-order valence-electron chi connectivity index (χ2n) is 6.79. The molecular formula is C21H22F3N5O2S. The van der Waals surface area contributed by atoms with Crippen molar-refractivity contribution in [1.82, 2.24) is 19.8 Å². The zero-order chi connectivity index (χ0) is 23.1. The van der Waals surface area contributed by atoms with E-state index < -0.39 is 12.0 Å². The number of hydrogen-bond acceptors (Lipinski definition) is 6. The molecule has 1 heterocycles. The molecule has 0 aliphatic carbocycles. The first-order valence-electron chi connectivity index (χ1n) is 9.72. The van der Waals surface area contributed by atoms with Crippen molar-refractivity contribution in [3.8, 4) is 5.75 Å². The number of carbonyl (C=O) groups excluding carboxylic acids is 1. The Morgan fingerprint density at radius 1 is 1.09 bits per heavy atom. The van der Waals surface area contributed by atoms with Crippen LogP contribution in [0.5, 0.6) is 5.75 Å². The second-order valence-corrected chi connectivity index (χ2v) is 7.73. The summed E-state index contributed by atoms with van der Waals surface area (Å²) in [6, 6.07) is 17.2. The topological polar surface area (TPSA) is 86.3 Å². The fourth-order valence-corrected chi connectivity index (χ4v) is 3.57. The number of aromatic nitrogens is 3. The highest BCUT2D eigenvalue weighted by molar-refractivity contribution is 7.99. The van der Waals surface area contributed by atoms with E-state index in [1.807, 2.05) is 61.5 Å². The molecule has 0 radical (unpaired) electrons. The first kappa shape index (κ1) is 23.5. The predicted octanol–water partition coefficient (Wildman–Crippen LogP) is 3.73. The summed E-state index contributed by atoms with van der Waals surface area (Å²) >= 11 is 0.806. The van der Waals surface area contributed by atoms with Crippen LogP contribution in [0.1, 0.15) is 23.9 Å². The van der Waals surface area contributed by atoms with Crippen LogP contribution in [-0.4, -0.2) is 38.0 Å². The Morgan fingerprint density at radius 3 is 2.38 bits per heavy atom. The third kappa shape index (κ3) is 6.16. The molecular weight excluding hydrogens is 443 g/mol. The smallest absolute Gasteiger partial charge is 0.453 e. The lowest BCUT2D eigenvalue weighted by Gasteiger charge is -2.21. The van der Waals surface area contributed by atoms with Crippen LogP contribution >= 0.6 is 11.8 Å². The number of amides is 1. The molecule has 0 spiro atoms. The van der Waals surface area contributed by atoms with Gasteiger partial charge in [0.05, 0.1) is 5.75 Å². The number of halogens is 3. The first-order valence-corrected chi connectivity index (χ1v) is 10.7. The lowest BCUT2D eigenvalue weighted by atomic mass is 10.2. The summed E-state index contributed by atoms with van der Waals surface area (Å²) in [6.07, 6.45) is -4.71. The van der Waals surface area contributed by atoms with Gasteiger partial charge in [-0.3, -0.25) is 4.79 Å². The fourth-order valence-electron chi connectivity index (χ4n) is 2.82. The molecule has 2 aromatic carbocycles. The summed E-state index contributed by atoms with van der Waals surface area (Å²) in [4.78, 5) is 14.1. The summed E-state index contributed by atoms with van der Waals surface area (Å²) in [5, 5.41) is 6.29. The number of benzene rings is 2. The van der Waals surface area contributed by atoms with E-state index in [1.165, 1.54) is 0 Å². The van der Waals surface area contributed by atoms with E-state index in [1.54, 1.807) is 4.90 Å². The molecule has 0 saturated carbocycles. The molecule has 7 nitrogen and oxygen atoms in total. The number of alkyl halides is 3. The van der Waals surface area contributed by atoms with Gasteiger partial charge in [-0.05, 0) is 30.2 Å². The van der Waals surface area contributed by atoms with Gasteiger partial charge in [0.1, 0.15) is 12.4 Å². The van der Waals surface area contributed by atoms with Crippen LogP contribution in [0.2, 0.25) is 0 Å². The quantitative estimate of drug-likeness (QED) is 0.383. The van der Waals surface area contributed by atoms with Crippen molar-refractivity contribution >= 4 is 17.7 Å². The summed E-state index contributed by atoms with van der Waals surface area (Å²) in [7, 11) is 0. The monoisotopic (exact) mass is 465 g/mol. The van der Waals surface area contributed by atoms with Gasteiger partial charge < -0.3 is 15.5 Å². The molecule has 0 unspecified atom stereocenters. The van der Waals surface area contributed by atoms with Crippen LogP contribution in [0, 0.1) is 0 Å². The second kappa shape index (κ2) is 10.4. The average molecular weight is 466 g/mol. The van der Waals surface area contributed by atoms with Crippen molar-refractivity contribution < 1.29 is 22.7 Å². The van der Waals surface area contributed by atoms with Gasteiger partial charge in [0.15, 0.2) is 0 Å². The van der Waals surface area contributed by atoms with Gasteiger partial charge >= 0.3 is 6.18 Å². The van der Waals surface area contributed by atoms with Crippen LogP contribution in [0.25, 0.3) is 0 Å². The molecule has 1 aromatic heterocycles. The van der Waals surface area contributed by atoms with Crippen molar-refractivity contribution in [2.24, 2.45) is 0 Å². The number of nitrogens with zero attached hydrogens (tertiary/aromatic N) is 4. The molecule has 0 aliphatic rings. The lowest BCUT2D eigenvalue weighted by molar-refractivity contribution is -0.146. The van der Waals surface area contributed by atoms with Crippen molar-refractivity contribution in [2.75, 3.05) is 18.1 Å². The Labute approximate surface area is 187 Å². The molecule has 11 heteroatoms. The maximum atomic E-state index is 12.8. The molecule has 0 atom stereocenters. The van der Waals surface area contributed by atoms with Crippen LogP contribution in [0.15, 0.2) is 59.8 Å². The summed E-state index contributed by atoms with van der Waals surface area (Å²) in [5.74, 6) is 4.44. The number of nitrogens with two attached hydrogens (primary N) is 1. The van der Waals surface area contributed by atoms with Crippen molar-refractivity contribution in [3.05, 3.63) is 71.5 Å². The van der Waals surface area contributed by atoms with E-state index in [4.69, 9.17) is 10.6 Å². The number of rotatable bonds is 9. The third-order valence-corrected chi connectivity index (χ3v) is 5.45. The Kier molecular flexibility index (Phi) is 7.62. The molecule has 0 aliphatic heterocycles. The van der Waals surface area contributed by atoms with Gasteiger partial charge in [-0.25, -0.2) is 4.68 Å². The highest BCUT2D eigenvalue weighted by Gasteiger charge is 2.38. The van der Waals surface area contributed by atoms with E-state index in [0.717, 1.165) is 22.9 Å². The van der Waals surface area contributed by atoms with E-state index in [9.17, 15) is 18.0 Å². The molecule has 0 saturated heterocycles. The van der Waals surface area contributed by atoms with Gasteiger partial charge in [-0.2, -0.15) is 13.2 Å². The molecule has 2 N–H and O–H groups in total. The number of thioether (sulfide) groups is 1. The Balaban J connectivity index is 1.53. The Bertz CT molecular complexity index is 1030. The maximum Gasteiger partial charge on any atom is 0.453 e. The van der Waals surface area contributed by atoms with Crippen LogP contribution in [-0.2, 0) is 24.1 Å². The van der Waals surface area contributed by atoms with Crippen LogP contribution in [0.3, 0.4) is 0 Å². The zero-order valence-electron chi connectivity index (χ0n) is 17.2. The largest absolute Gasteiger partial charge is 0.489 e. The lowest BCUT2D eigenvalue weighted by Crippen LogP contribution is -2.32. The fraction of sp³-hybridized carbons (Fsp3) is 0.286. The van der Waals surface area contributed by atoms with Crippen LogP contribution < -0.4 is 10.6 Å². The van der Waals surface area contributed by atoms with Gasteiger partial charge in [0.25, 0.3) is 5.82 Å². The van der Waals surface area contributed by atoms with Crippen molar-refractivity contribution in [2.45, 2.75) is 31.4 Å². The van der Waals surface area contributed by atoms with Crippen molar-refractivity contribution in [1.29, 1.82) is 0 Å². The van der Waals surface area contributed by atoms with E-state index >= 15 is 0 Å². The van der Waals surface area contributed by atoms with E-state index in [0.29, 0.717) is 30.1 Å². The van der Waals surface area contributed by atoms with Crippen molar-refractivity contribution in [3.63, 3.8) is 0 Å². The molecule has 3 rings (SSSR count). The Morgan fingerprint density at radius 2 is 1.78 bits per heavy atom. The number of hydrogen-bond donors (Lipinski definition) is 1. The minimum absolute atomic E-state index is 0.112. The van der Waals surface area contributed by atoms with E-state index in [2.05, 4.69) is 10.2 Å². The summed E-state index contributed by atoms with van der Waals surface area (Å²) in [5.41, 5.74) is 1.96. The minimum atomic E-state index is -4.71. The maximum absolute atomic E-state index is 12.8. The first-order chi connectivity index (χ1) is 15.3. The molecule has 32 heavy (non-hydrogen) atoms. The number of carbonyl (C=O) groups is 1. The predicted molar refractivity (Wildman–Crippen MR) is 114 cm³/mol. The normalized spacial score (nSPS) is 11.4. The van der Waals surface area contributed by atoms with E-state index in [-0.39, 0.29) is 16.8 Å². The Hall–Kier alpha value is -3.21. The highest BCUT2D eigenvalue weighted by atomic mass is 32.2. The summed E-state index contributed by atoms with van der Waals surface area (Å²) in [6.45, 7) is 3.08. The minimum Gasteiger partial charge on any atom is -0.489 e. The molecule has 3 aromatic rings. The number of ether oxygens (including phenoxy) is 1. The molecule has 0 bridgehead atoms. The van der Waals surface area contributed by atoms with Gasteiger partial charge in [0.2, 0.25) is 11.1 Å². The molecule has 170 valence electrons.